The third-order valence-electron chi connectivity index (χ3n) is 4.72. The quantitative estimate of drug-likeness (QED) is 0.534. The van der Waals surface area contributed by atoms with Crippen molar-refractivity contribution in [3.63, 3.8) is 0 Å². The zero-order valence-electron chi connectivity index (χ0n) is 15.4. The molecule has 1 aliphatic heterocycles. The second-order valence-corrected chi connectivity index (χ2v) is 7.82. The van der Waals surface area contributed by atoms with Gasteiger partial charge in [0.2, 0.25) is 5.95 Å². The smallest absolute Gasteiger partial charge is 0.227 e. The molecule has 2 aromatic heterocycles. The van der Waals surface area contributed by atoms with E-state index in [1.165, 1.54) is 12.1 Å². The van der Waals surface area contributed by atoms with Crippen molar-refractivity contribution < 1.29 is 4.39 Å². The van der Waals surface area contributed by atoms with Crippen LogP contribution in [0.5, 0.6) is 0 Å². The SMILES string of the molecule is CC1CN(c2nccnc2Cl)CCN1c1nc(Cl)cc(-c2ccc(F)c(Cl)c2)n1. The maximum Gasteiger partial charge on any atom is 0.227 e. The predicted octanol–water partition coefficient (Wildman–Crippen LogP) is 4.75. The Morgan fingerprint density at radius 3 is 2.55 bits per heavy atom. The molecule has 1 aromatic carbocycles. The summed E-state index contributed by atoms with van der Waals surface area (Å²) in [6.45, 7) is 4.06. The largest absolute Gasteiger partial charge is 0.350 e. The maximum atomic E-state index is 13.5. The molecule has 0 bridgehead atoms. The molecule has 0 saturated carbocycles. The molecule has 1 saturated heterocycles. The molecule has 10 heteroatoms. The van der Waals surface area contributed by atoms with Crippen LogP contribution in [0.15, 0.2) is 36.7 Å². The first-order chi connectivity index (χ1) is 13.9. The summed E-state index contributed by atoms with van der Waals surface area (Å²) in [6, 6.07) is 6.15. The lowest BCUT2D eigenvalue weighted by Crippen LogP contribution is -2.53. The van der Waals surface area contributed by atoms with Gasteiger partial charge in [-0.1, -0.05) is 34.8 Å². The summed E-state index contributed by atoms with van der Waals surface area (Å²) >= 11 is 18.3. The van der Waals surface area contributed by atoms with E-state index in [0.29, 0.717) is 53.0 Å². The average molecular weight is 454 g/mol. The normalized spacial score (nSPS) is 16.9. The second-order valence-electron chi connectivity index (χ2n) is 6.66. The molecule has 1 unspecified atom stereocenters. The highest BCUT2D eigenvalue weighted by molar-refractivity contribution is 6.31. The number of aromatic nitrogens is 4. The van der Waals surface area contributed by atoms with Crippen LogP contribution in [-0.2, 0) is 0 Å². The Morgan fingerprint density at radius 1 is 1.03 bits per heavy atom. The summed E-state index contributed by atoms with van der Waals surface area (Å²) in [5.74, 6) is 0.683. The molecule has 0 N–H and O–H groups in total. The maximum absolute atomic E-state index is 13.5. The van der Waals surface area contributed by atoms with Crippen molar-refractivity contribution in [3.8, 4) is 11.3 Å². The molecule has 1 aliphatic rings. The fourth-order valence-electron chi connectivity index (χ4n) is 3.31. The summed E-state index contributed by atoms with van der Waals surface area (Å²) < 4.78 is 13.5. The van der Waals surface area contributed by atoms with Gasteiger partial charge in [-0.25, -0.2) is 24.3 Å². The van der Waals surface area contributed by atoms with E-state index < -0.39 is 5.82 Å². The minimum absolute atomic E-state index is 0.0293. The Kier molecular flexibility index (Phi) is 5.72. The van der Waals surface area contributed by atoms with Crippen molar-refractivity contribution in [3.05, 3.63) is 57.8 Å². The molecule has 3 aromatic rings. The monoisotopic (exact) mass is 452 g/mol. The minimum Gasteiger partial charge on any atom is -0.350 e. The average Bonchev–Trinajstić information content (AvgIpc) is 2.70. The minimum atomic E-state index is -0.483. The molecule has 0 aliphatic carbocycles. The molecule has 29 heavy (non-hydrogen) atoms. The molecule has 1 atom stereocenters. The number of piperazine rings is 1. The summed E-state index contributed by atoms with van der Waals surface area (Å²) in [7, 11) is 0. The van der Waals surface area contributed by atoms with Crippen LogP contribution in [0.3, 0.4) is 0 Å². The third kappa shape index (κ3) is 4.22. The van der Waals surface area contributed by atoms with E-state index >= 15 is 0 Å². The number of hydrogen-bond acceptors (Lipinski definition) is 6. The molecular formula is C19H16Cl3FN6. The van der Waals surface area contributed by atoms with E-state index in [0.717, 1.165) is 0 Å². The number of halogens is 4. The van der Waals surface area contributed by atoms with Crippen LogP contribution in [0.2, 0.25) is 15.3 Å². The molecule has 1 fully saturated rings. The van der Waals surface area contributed by atoms with Gasteiger partial charge in [0.05, 0.1) is 10.7 Å². The van der Waals surface area contributed by atoms with Crippen LogP contribution in [0.1, 0.15) is 6.92 Å². The van der Waals surface area contributed by atoms with Gasteiger partial charge in [-0.05, 0) is 25.1 Å². The first kappa shape index (κ1) is 20.1. The second kappa shape index (κ2) is 8.26. The van der Waals surface area contributed by atoms with Gasteiger partial charge in [0, 0.05) is 49.7 Å². The first-order valence-corrected chi connectivity index (χ1v) is 10.0. The zero-order chi connectivity index (χ0) is 20.5. The van der Waals surface area contributed by atoms with Gasteiger partial charge in [-0.3, -0.25) is 0 Å². The first-order valence-electron chi connectivity index (χ1n) is 8.90. The van der Waals surface area contributed by atoms with Gasteiger partial charge in [0.1, 0.15) is 11.0 Å². The van der Waals surface area contributed by atoms with Gasteiger partial charge >= 0.3 is 0 Å². The lowest BCUT2D eigenvalue weighted by molar-refractivity contribution is 0.537. The molecule has 0 spiro atoms. The molecule has 3 heterocycles. The van der Waals surface area contributed by atoms with E-state index in [9.17, 15) is 4.39 Å². The lowest BCUT2D eigenvalue weighted by atomic mass is 10.1. The standard InChI is InChI=1S/C19H16Cl3FN6/c1-11-10-28(18-17(22)24-4-5-25-18)6-7-29(11)19-26-15(9-16(21)27-19)12-2-3-14(23)13(20)8-12/h2-5,8-9,11H,6-7,10H2,1H3. The predicted molar refractivity (Wildman–Crippen MR) is 114 cm³/mol. The number of anilines is 2. The van der Waals surface area contributed by atoms with E-state index in [1.54, 1.807) is 24.5 Å². The molecule has 150 valence electrons. The number of benzene rings is 1. The number of nitrogens with zero attached hydrogens (tertiary/aromatic N) is 6. The van der Waals surface area contributed by atoms with Gasteiger partial charge in [0.15, 0.2) is 11.0 Å². The topological polar surface area (TPSA) is 58.0 Å². The summed E-state index contributed by atoms with van der Waals surface area (Å²) in [5, 5.41) is 0.710. The fraction of sp³-hybridized carbons (Fsp3) is 0.263. The van der Waals surface area contributed by atoms with Crippen molar-refractivity contribution in [2.75, 3.05) is 29.4 Å². The van der Waals surface area contributed by atoms with E-state index in [4.69, 9.17) is 34.8 Å². The number of hydrogen-bond donors (Lipinski definition) is 0. The van der Waals surface area contributed by atoms with E-state index in [1.807, 2.05) is 0 Å². The van der Waals surface area contributed by atoms with Crippen LogP contribution in [-0.4, -0.2) is 45.6 Å². The van der Waals surface area contributed by atoms with Crippen molar-refractivity contribution in [2.24, 2.45) is 0 Å². The summed E-state index contributed by atoms with van der Waals surface area (Å²) in [6.07, 6.45) is 3.19. The highest BCUT2D eigenvalue weighted by Gasteiger charge is 2.28. The molecular weight excluding hydrogens is 438 g/mol. The van der Waals surface area contributed by atoms with Crippen LogP contribution >= 0.6 is 34.8 Å². The molecule has 0 amide bonds. The van der Waals surface area contributed by atoms with Crippen molar-refractivity contribution >= 4 is 46.6 Å². The Morgan fingerprint density at radius 2 is 1.83 bits per heavy atom. The zero-order valence-corrected chi connectivity index (χ0v) is 17.6. The highest BCUT2D eigenvalue weighted by atomic mass is 35.5. The summed E-state index contributed by atoms with van der Waals surface area (Å²) in [4.78, 5) is 21.6. The fourth-order valence-corrected chi connectivity index (χ4v) is 3.89. The van der Waals surface area contributed by atoms with Crippen LogP contribution in [0, 0.1) is 5.82 Å². The molecule has 4 rings (SSSR count). The van der Waals surface area contributed by atoms with Crippen molar-refractivity contribution in [1.29, 1.82) is 0 Å². The van der Waals surface area contributed by atoms with Crippen molar-refractivity contribution in [1.82, 2.24) is 19.9 Å². The van der Waals surface area contributed by atoms with Crippen LogP contribution in [0.4, 0.5) is 16.2 Å². The van der Waals surface area contributed by atoms with Gasteiger partial charge in [-0.2, -0.15) is 0 Å². The highest BCUT2D eigenvalue weighted by Crippen LogP contribution is 2.29. The Labute approximate surface area is 182 Å². The van der Waals surface area contributed by atoms with Gasteiger partial charge in [-0.15, -0.1) is 0 Å². The van der Waals surface area contributed by atoms with Crippen LogP contribution < -0.4 is 9.80 Å². The van der Waals surface area contributed by atoms with Gasteiger partial charge < -0.3 is 9.80 Å². The van der Waals surface area contributed by atoms with E-state index in [2.05, 4.69) is 36.7 Å². The van der Waals surface area contributed by atoms with Gasteiger partial charge in [0.25, 0.3) is 0 Å². The van der Waals surface area contributed by atoms with E-state index in [-0.39, 0.29) is 11.1 Å². The Balaban J connectivity index is 1.60. The van der Waals surface area contributed by atoms with Crippen LogP contribution in [0.25, 0.3) is 11.3 Å². The lowest BCUT2D eigenvalue weighted by Gasteiger charge is -2.40. The third-order valence-corrected chi connectivity index (χ3v) is 5.47. The Hall–Kier alpha value is -2.22. The Bertz CT molecular complexity index is 1050. The molecule has 6 nitrogen and oxygen atoms in total. The number of rotatable bonds is 3. The summed E-state index contributed by atoms with van der Waals surface area (Å²) in [5.41, 5.74) is 1.24. The molecule has 0 radical (unpaired) electrons. The van der Waals surface area contributed by atoms with Crippen molar-refractivity contribution in [2.45, 2.75) is 13.0 Å².